The Balaban J connectivity index is 2.03. The first-order chi connectivity index (χ1) is 9.90. The molecule has 1 aromatic rings. The number of nitrogen functional groups attached to an aromatic ring is 1. The quantitative estimate of drug-likeness (QED) is 0.459. The van der Waals surface area contributed by atoms with Crippen molar-refractivity contribution in [2.75, 3.05) is 18.9 Å². The van der Waals surface area contributed by atoms with E-state index in [4.69, 9.17) is 10.5 Å². The van der Waals surface area contributed by atoms with Gasteiger partial charge in [-0.15, -0.1) is 0 Å². The Hall–Kier alpha value is -1.71. The molecule has 9 heteroatoms. The summed E-state index contributed by atoms with van der Waals surface area (Å²) in [5.74, 6) is 0. The van der Waals surface area contributed by atoms with E-state index in [1.165, 1.54) is 0 Å². The number of ether oxygens (including phenoxy) is 1. The van der Waals surface area contributed by atoms with Crippen molar-refractivity contribution >= 4 is 21.4 Å². The van der Waals surface area contributed by atoms with Crippen LogP contribution in [-0.2, 0) is 14.8 Å². The highest BCUT2D eigenvalue weighted by atomic mass is 32.2. The summed E-state index contributed by atoms with van der Waals surface area (Å²) in [6.07, 6.45) is 2.60. The van der Waals surface area contributed by atoms with E-state index in [2.05, 4.69) is 4.72 Å². The molecule has 1 aliphatic heterocycles. The lowest BCUT2D eigenvalue weighted by molar-refractivity contribution is -0.384. The molecule has 1 aromatic carbocycles. The van der Waals surface area contributed by atoms with Gasteiger partial charge in [0.15, 0.2) is 0 Å². The molecule has 0 aliphatic carbocycles. The highest BCUT2D eigenvalue weighted by molar-refractivity contribution is 7.89. The van der Waals surface area contributed by atoms with Gasteiger partial charge >= 0.3 is 0 Å². The fourth-order valence-electron chi connectivity index (χ4n) is 2.20. The van der Waals surface area contributed by atoms with Crippen LogP contribution in [0.25, 0.3) is 0 Å². The van der Waals surface area contributed by atoms with E-state index in [1.807, 2.05) is 0 Å². The third kappa shape index (κ3) is 3.90. The first-order valence-electron chi connectivity index (χ1n) is 6.55. The number of nitro groups is 1. The maximum atomic E-state index is 12.1. The molecule has 3 N–H and O–H groups in total. The van der Waals surface area contributed by atoms with Crippen molar-refractivity contribution < 1.29 is 18.1 Å². The molecule has 1 aliphatic rings. The fraction of sp³-hybridized carbons (Fsp3) is 0.500. The average Bonchev–Trinajstić information content (AvgIpc) is 2.91. The minimum Gasteiger partial charge on any atom is -0.397 e. The Morgan fingerprint density at radius 1 is 1.48 bits per heavy atom. The van der Waals surface area contributed by atoms with Crippen molar-refractivity contribution in [1.82, 2.24) is 4.72 Å². The van der Waals surface area contributed by atoms with Gasteiger partial charge in [-0.05, 0) is 25.3 Å². The van der Waals surface area contributed by atoms with E-state index in [1.54, 1.807) is 0 Å². The molecule has 1 heterocycles. The number of hydrogen-bond acceptors (Lipinski definition) is 6. The Kier molecular flexibility index (Phi) is 4.76. The molecule has 0 aromatic heterocycles. The smallest absolute Gasteiger partial charge is 0.271 e. The number of sulfonamides is 1. The highest BCUT2D eigenvalue weighted by Gasteiger charge is 2.21. The van der Waals surface area contributed by atoms with Gasteiger partial charge in [0.1, 0.15) is 4.90 Å². The lowest BCUT2D eigenvalue weighted by Gasteiger charge is -2.11. The number of nitrogens with two attached hydrogens (primary N) is 1. The molecule has 21 heavy (non-hydrogen) atoms. The molecule has 116 valence electrons. The number of anilines is 1. The largest absolute Gasteiger partial charge is 0.397 e. The third-order valence-electron chi connectivity index (χ3n) is 3.28. The average molecular weight is 315 g/mol. The Labute approximate surface area is 122 Å². The van der Waals surface area contributed by atoms with Crippen LogP contribution in [0.1, 0.15) is 19.3 Å². The van der Waals surface area contributed by atoms with E-state index in [0.717, 1.165) is 31.0 Å². The molecule has 1 unspecified atom stereocenters. The van der Waals surface area contributed by atoms with Gasteiger partial charge < -0.3 is 10.5 Å². The van der Waals surface area contributed by atoms with Gasteiger partial charge in [-0.25, -0.2) is 13.1 Å². The lowest BCUT2D eigenvalue weighted by atomic mass is 10.2. The summed E-state index contributed by atoms with van der Waals surface area (Å²) < 4.78 is 32.1. The second-order valence-corrected chi connectivity index (χ2v) is 6.54. The minimum atomic E-state index is -3.78. The zero-order chi connectivity index (χ0) is 15.5. The number of rotatable bonds is 6. The van der Waals surface area contributed by atoms with Crippen LogP contribution in [0.3, 0.4) is 0 Å². The molecule has 1 atom stereocenters. The maximum absolute atomic E-state index is 12.1. The monoisotopic (exact) mass is 315 g/mol. The topological polar surface area (TPSA) is 125 Å². The summed E-state index contributed by atoms with van der Waals surface area (Å²) >= 11 is 0. The van der Waals surface area contributed by atoms with Crippen LogP contribution in [0.15, 0.2) is 23.1 Å². The number of benzene rings is 1. The second kappa shape index (κ2) is 6.37. The summed E-state index contributed by atoms with van der Waals surface area (Å²) in [7, 11) is -3.78. The van der Waals surface area contributed by atoms with Crippen LogP contribution < -0.4 is 10.5 Å². The Bertz CT molecular complexity index is 626. The van der Waals surface area contributed by atoms with Crippen molar-refractivity contribution in [3.8, 4) is 0 Å². The van der Waals surface area contributed by atoms with Crippen LogP contribution in [0.2, 0.25) is 0 Å². The van der Waals surface area contributed by atoms with Crippen molar-refractivity contribution in [3.05, 3.63) is 28.3 Å². The normalized spacial score (nSPS) is 18.8. The highest BCUT2D eigenvalue weighted by Crippen LogP contribution is 2.23. The molecule has 0 spiro atoms. The number of non-ortho nitro benzene ring substituents is 1. The Morgan fingerprint density at radius 3 is 2.81 bits per heavy atom. The summed E-state index contributed by atoms with van der Waals surface area (Å²) in [4.78, 5) is 9.82. The predicted molar refractivity (Wildman–Crippen MR) is 76.3 cm³/mol. The number of nitrogens with zero attached hydrogens (tertiary/aromatic N) is 1. The standard InChI is InChI=1S/C12H17N3O5S/c13-11-8-9(15(16)17)3-4-12(11)21(18,19)14-6-5-10-2-1-7-20-10/h3-4,8,10,14H,1-2,5-7,13H2. The first-order valence-corrected chi connectivity index (χ1v) is 8.03. The van der Waals surface area contributed by atoms with E-state index < -0.39 is 14.9 Å². The molecule has 1 saturated heterocycles. The molecule has 0 radical (unpaired) electrons. The third-order valence-corrected chi connectivity index (χ3v) is 4.81. The molecule has 8 nitrogen and oxygen atoms in total. The van der Waals surface area contributed by atoms with Crippen molar-refractivity contribution in [2.24, 2.45) is 0 Å². The van der Waals surface area contributed by atoms with Gasteiger partial charge in [-0.3, -0.25) is 10.1 Å². The number of nitro benzene ring substituents is 1. The van der Waals surface area contributed by atoms with Gasteiger partial charge in [0, 0.05) is 25.3 Å². The number of nitrogens with one attached hydrogen (secondary N) is 1. The van der Waals surface area contributed by atoms with Gasteiger partial charge in [0.05, 0.1) is 16.7 Å². The summed E-state index contributed by atoms with van der Waals surface area (Å²) in [6, 6.07) is 3.29. The molecule has 0 bridgehead atoms. The molecule has 0 amide bonds. The molecule has 0 saturated carbocycles. The molecule has 1 fully saturated rings. The number of hydrogen-bond donors (Lipinski definition) is 2. The Morgan fingerprint density at radius 2 is 2.24 bits per heavy atom. The fourth-order valence-corrected chi connectivity index (χ4v) is 3.36. The van der Waals surface area contributed by atoms with Gasteiger partial charge in [0.25, 0.3) is 5.69 Å². The first kappa shape index (κ1) is 15.7. The lowest BCUT2D eigenvalue weighted by Crippen LogP contribution is -2.27. The van der Waals surface area contributed by atoms with E-state index in [0.29, 0.717) is 13.0 Å². The van der Waals surface area contributed by atoms with Crippen LogP contribution in [-0.4, -0.2) is 32.6 Å². The van der Waals surface area contributed by atoms with Crippen molar-refractivity contribution in [2.45, 2.75) is 30.3 Å². The van der Waals surface area contributed by atoms with Crippen LogP contribution >= 0.6 is 0 Å². The maximum Gasteiger partial charge on any atom is 0.271 e. The van der Waals surface area contributed by atoms with Crippen LogP contribution in [0.4, 0.5) is 11.4 Å². The van der Waals surface area contributed by atoms with Gasteiger partial charge in [0.2, 0.25) is 10.0 Å². The molecule has 2 rings (SSSR count). The van der Waals surface area contributed by atoms with E-state index in [9.17, 15) is 18.5 Å². The summed E-state index contributed by atoms with van der Waals surface area (Å²) in [5.41, 5.74) is 5.20. The minimum absolute atomic E-state index is 0.0851. The molecular weight excluding hydrogens is 298 g/mol. The van der Waals surface area contributed by atoms with E-state index in [-0.39, 0.29) is 28.9 Å². The zero-order valence-corrected chi connectivity index (χ0v) is 12.1. The summed E-state index contributed by atoms with van der Waals surface area (Å²) in [5, 5.41) is 10.6. The van der Waals surface area contributed by atoms with Crippen molar-refractivity contribution in [3.63, 3.8) is 0 Å². The van der Waals surface area contributed by atoms with Crippen molar-refractivity contribution in [1.29, 1.82) is 0 Å². The van der Waals surface area contributed by atoms with Gasteiger partial charge in [-0.2, -0.15) is 0 Å². The van der Waals surface area contributed by atoms with E-state index >= 15 is 0 Å². The van der Waals surface area contributed by atoms with Crippen LogP contribution in [0, 0.1) is 10.1 Å². The zero-order valence-electron chi connectivity index (χ0n) is 11.3. The molecular formula is C12H17N3O5S. The predicted octanol–water partition coefficient (Wildman–Crippen LogP) is 1.02. The summed E-state index contributed by atoms with van der Waals surface area (Å²) in [6.45, 7) is 0.955. The second-order valence-electron chi connectivity index (χ2n) is 4.80. The SMILES string of the molecule is Nc1cc([N+](=O)[O-])ccc1S(=O)(=O)NCCC1CCCO1. The van der Waals surface area contributed by atoms with Gasteiger partial charge in [-0.1, -0.05) is 0 Å². The van der Waals surface area contributed by atoms with Crippen LogP contribution in [0.5, 0.6) is 0 Å².